The number of para-hydroxylation sites is 1. The largest absolute Gasteiger partial charge is 0.535 e. The molecule has 1 heterocycles. The van der Waals surface area contributed by atoms with Crippen LogP contribution in [-0.2, 0) is 9.47 Å². The van der Waals surface area contributed by atoms with Gasteiger partial charge in [-0.2, -0.15) is 0 Å². The molecule has 0 saturated heterocycles. The van der Waals surface area contributed by atoms with Crippen molar-refractivity contribution in [3.8, 4) is 11.1 Å². The number of Topliss-reactive ketones (excluding diaryl/α,β-unsaturated/α-hetero) is 2. The molecular formula is C33H34N4O7. The number of rotatable bonds is 10. The summed E-state index contributed by atoms with van der Waals surface area (Å²) >= 11 is 0. The molecule has 1 aromatic heterocycles. The zero-order valence-electron chi connectivity index (χ0n) is 25.1. The van der Waals surface area contributed by atoms with Crippen molar-refractivity contribution in [3.05, 3.63) is 82.9 Å². The zero-order valence-corrected chi connectivity index (χ0v) is 25.1. The highest BCUT2D eigenvalue weighted by molar-refractivity contribution is 5.99. The van der Waals surface area contributed by atoms with E-state index in [4.69, 9.17) is 14.3 Å². The lowest BCUT2D eigenvalue weighted by Gasteiger charge is -2.19. The number of hydrogen-bond donors (Lipinski definition) is 1. The minimum Gasteiger partial charge on any atom is -0.444 e. The lowest BCUT2D eigenvalue weighted by atomic mass is 9.94. The molecule has 11 nitrogen and oxygen atoms in total. The first-order valence-corrected chi connectivity index (χ1v) is 14.5. The third kappa shape index (κ3) is 6.77. The SMILES string of the molecule is CCC(=O)c1ccc2c(c1)C(COC(=O)On1nnc3ccccc31)c1cc(C(=O)CCCNC(=O)OC(C)(C)C)ccc1-2. The van der Waals surface area contributed by atoms with Crippen LogP contribution < -0.4 is 10.2 Å². The first-order valence-electron chi connectivity index (χ1n) is 14.5. The summed E-state index contributed by atoms with van der Waals surface area (Å²) in [7, 11) is 0. The van der Waals surface area contributed by atoms with Crippen LogP contribution >= 0.6 is 0 Å². The van der Waals surface area contributed by atoms with E-state index in [0.29, 0.717) is 41.5 Å². The molecule has 0 radical (unpaired) electrons. The van der Waals surface area contributed by atoms with Crippen molar-refractivity contribution in [3.63, 3.8) is 0 Å². The van der Waals surface area contributed by atoms with Crippen molar-refractivity contribution in [2.45, 2.75) is 58.5 Å². The van der Waals surface area contributed by atoms with Crippen LogP contribution in [0.2, 0.25) is 0 Å². The summed E-state index contributed by atoms with van der Waals surface area (Å²) in [6.07, 6.45) is -0.490. The van der Waals surface area contributed by atoms with Gasteiger partial charge in [-0.15, -0.1) is 5.10 Å². The van der Waals surface area contributed by atoms with Crippen molar-refractivity contribution >= 4 is 34.8 Å². The molecule has 1 unspecified atom stereocenters. The smallest absolute Gasteiger partial charge is 0.444 e. The molecule has 11 heteroatoms. The summed E-state index contributed by atoms with van der Waals surface area (Å²) in [6.45, 7) is 7.35. The van der Waals surface area contributed by atoms with E-state index in [9.17, 15) is 19.2 Å². The monoisotopic (exact) mass is 598 g/mol. The van der Waals surface area contributed by atoms with Gasteiger partial charge < -0.3 is 14.8 Å². The summed E-state index contributed by atoms with van der Waals surface area (Å²) in [4.78, 5) is 56.5. The average molecular weight is 599 g/mol. The van der Waals surface area contributed by atoms with Gasteiger partial charge in [0.05, 0.1) is 0 Å². The second kappa shape index (κ2) is 12.7. The fourth-order valence-electron chi connectivity index (χ4n) is 5.15. The van der Waals surface area contributed by atoms with Crippen molar-refractivity contribution in [2.75, 3.05) is 13.2 Å². The molecule has 0 spiro atoms. The van der Waals surface area contributed by atoms with E-state index in [1.165, 1.54) is 0 Å². The molecule has 5 rings (SSSR count). The average Bonchev–Trinajstić information content (AvgIpc) is 3.54. The number of hydrogen-bond acceptors (Lipinski definition) is 9. The second-order valence-corrected chi connectivity index (χ2v) is 11.5. The summed E-state index contributed by atoms with van der Waals surface area (Å²) in [5.74, 6) is -0.531. The number of nitrogens with zero attached hydrogens (tertiary/aromatic N) is 3. The minimum absolute atomic E-state index is 0.00301. The lowest BCUT2D eigenvalue weighted by Crippen LogP contribution is -2.33. The van der Waals surface area contributed by atoms with Crippen molar-refractivity contribution in [1.82, 2.24) is 20.5 Å². The normalized spacial score (nSPS) is 13.6. The number of aromatic nitrogens is 3. The van der Waals surface area contributed by atoms with Gasteiger partial charge in [0, 0.05) is 36.4 Å². The predicted octanol–water partition coefficient (Wildman–Crippen LogP) is 5.89. The number of alkyl carbamates (subject to hydrolysis) is 1. The fraction of sp³-hybridized carbons (Fsp3) is 0.333. The van der Waals surface area contributed by atoms with E-state index >= 15 is 0 Å². The summed E-state index contributed by atoms with van der Waals surface area (Å²) in [5, 5.41) is 10.5. The highest BCUT2D eigenvalue weighted by atomic mass is 16.8. The maximum Gasteiger partial charge on any atom is 0.535 e. The predicted molar refractivity (Wildman–Crippen MR) is 162 cm³/mol. The highest BCUT2D eigenvalue weighted by Crippen LogP contribution is 2.46. The molecular weight excluding hydrogens is 564 g/mol. The van der Waals surface area contributed by atoms with Crippen LogP contribution in [0.15, 0.2) is 60.7 Å². The van der Waals surface area contributed by atoms with Crippen LogP contribution in [-0.4, -0.2) is 57.7 Å². The maximum atomic E-state index is 13.1. The quantitative estimate of drug-likeness (QED) is 0.102. The van der Waals surface area contributed by atoms with E-state index in [0.717, 1.165) is 27.1 Å². The minimum atomic E-state index is -0.971. The molecule has 1 amide bonds. The maximum absolute atomic E-state index is 13.1. The second-order valence-electron chi connectivity index (χ2n) is 11.5. The van der Waals surface area contributed by atoms with Gasteiger partial charge in [-0.3, -0.25) is 14.4 Å². The number of carbonyl (C=O) groups excluding carboxylic acids is 4. The molecule has 1 aliphatic rings. The third-order valence-corrected chi connectivity index (χ3v) is 7.21. The Balaban J connectivity index is 1.31. The highest BCUT2D eigenvalue weighted by Gasteiger charge is 2.32. The first-order chi connectivity index (χ1) is 21.0. The molecule has 0 aliphatic heterocycles. The molecule has 44 heavy (non-hydrogen) atoms. The molecule has 1 atom stereocenters. The van der Waals surface area contributed by atoms with Gasteiger partial charge in [0.15, 0.2) is 11.6 Å². The Hall–Kier alpha value is -5.06. The molecule has 0 saturated carbocycles. The number of carbonyl (C=O) groups is 4. The van der Waals surface area contributed by atoms with Crippen LogP contribution in [0.3, 0.4) is 0 Å². The van der Waals surface area contributed by atoms with E-state index in [1.807, 2.05) is 24.3 Å². The van der Waals surface area contributed by atoms with Crippen LogP contribution in [0, 0.1) is 0 Å². The summed E-state index contributed by atoms with van der Waals surface area (Å²) < 4.78 is 10.8. The summed E-state index contributed by atoms with van der Waals surface area (Å²) in [6, 6.07) is 18.0. The Kier molecular flexibility index (Phi) is 8.75. The number of nitrogens with one attached hydrogen (secondary N) is 1. The molecule has 1 aliphatic carbocycles. The number of benzene rings is 3. The van der Waals surface area contributed by atoms with E-state index in [2.05, 4.69) is 15.6 Å². The first kappa shape index (κ1) is 30.4. The van der Waals surface area contributed by atoms with Crippen molar-refractivity contribution < 1.29 is 33.5 Å². The fourth-order valence-corrected chi connectivity index (χ4v) is 5.15. The van der Waals surface area contributed by atoms with Crippen LogP contribution in [0.5, 0.6) is 0 Å². The van der Waals surface area contributed by atoms with E-state index in [-0.39, 0.29) is 24.6 Å². The molecule has 0 bridgehead atoms. The van der Waals surface area contributed by atoms with Gasteiger partial charge in [0.1, 0.15) is 23.2 Å². The zero-order chi connectivity index (χ0) is 31.4. The molecule has 1 N–H and O–H groups in total. The van der Waals surface area contributed by atoms with Crippen molar-refractivity contribution in [2.24, 2.45) is 0 Å². The van der Waals surface area contributed by atoms with Crippen molar-refractivity contribution in [1.29, 1.82) is 0 Å². The van der Waals surface area contributed by atoms with Gasteiger partial charge in [-0.05, 0) is 78.9 Å². The molecule has 4 aromatic rings. The van der Waals surface area contributed by atoms with Crippen LogP contribution in [0.25, 0.3) is 22.2 Å². The Bertz CT molecular complexity index is 1740. The van der Waals surface area contributed by atoms with Gasteiger partial charge in [-0.25, -0.2) is 9.59 Å². The van der Waals surface area contributed by atoms with Crippen LogP contribution in [0.1, 0.15) is 84.7 Å². The lowest BCUT2D eigenvalue weighted by molar-refractivity contribution is 0.0378. The third-order valence-electron chi connectivity index (χ3n) is 7.21. The van der Waals surface area contributed by atoms with E-state index in [1.54, 1.807) is 64.1 Å². The Labute approximate surface area is 254 Å². The molecule has 228 valence electrons. The Morgan fingerprint density at radius 3 is 2.23 bits per heavy atom. The standard InChI is InChI=1S/C33H34N4O7/c1-5-29(38)20-12-14-22-23-15-13-21(30(39)11-8-16-34-31(40)43-33(2,3)4)18-25(23)26(24(22)17-20)19-42-32(41)44-37-28-10-7-6-9-27(28)35-36-37/h6-7,9-10,12-15,17-18,26H,5,8,11,16,19H2,1-4H3,(H,34,40). The Morgan fingerprint density at radius 2 is 1.57 bits per heavy atom. The van der Waals surface area contributed by atoms with E-state index < -0.39 is 23.8 Å². The topological polar surface area (TPSA) is 139 Å². The van der Waals surface area contributed by atoms with Gasteiger partial charge >= 0.3 is 12.2 Å². The number of ketones is 2. The summed E-state index contributed by atoms with van der Waals surface area (Å²) in [5.41, 5.74) is 4.95. The Morgan fingerprint density at radius 1 is 0.909 bits per heavy atom. The molecule has 3 aromatic carbocycles. The van der Waals surface area contributed by atoms with Crippen LogP contribution in [0.4, 0.5) is 9.59 Å². The number of ether oxygens (including phenoxy) is 2. The number of fused-ring (bicyclic) bond motifs is 4. The van der Waals surface area contributed by atoms with Gasteiger partial charge in [0.2, 0.25) is 0 Å². The van der Waals surface area contributed by atoms with Gasteiger partial charge in [-0.1, -0.05) is 48.2 Å². The number of amides is 1. The molecule has 0 fully saturated rings. The van der Waals surface area contributed by atoms with Gasteiger partial charge in [0.25, 0.3) is 0 Å².